The summed E-state index contributed by atoms with van der Waals surface area (Å²) in [4.78, 5) is 32.0. The Kier molecular flexibility index (Phi) is 5.89. The molecular formula is C14H15N3O4. The first-order valence-electron chi connectivity index (χ1n) is 6.19. The molecule has 0 spiro atoms. The van der Waals surface area contributed by atoms with E-state index in [9.17, 15) is 19.7 Å². The number of hydrogen-bond acceptors (Lipinski definition) is 4. The van der Waals surface area contributed by atoms with E-state index < -0.39 is 4.92 Å². The van der Waals surface area contributed by atoms with Crippen molar-refractivity contribution in [3.05, 3.63) is 33.9 Å². The molecular weight excluding hydrogens is 274 g/mol. The predicted octanol–water partition coefficient (Wildman–Crippen LogP) is 1.43. The molecule has 7 nitrogen and oxygen atoms in total. The Hall–Kier alpha value is -2.88. The number of carbonyl (C=O) groups is 2. The fourth-order valence-corrected chi connectivity index (χ4v) is 1.52. The number of hydrogen-bond donors (Lipinski definition) is 2. The van der Waals surface area contributed by atoms with Crippen LogP contribution in [-0.4, -0.2) is 23.3 Å². The molecule has 110 valence electrons. The van der Waals surface area contributed by atoms with Crippen LogP contribution in [0.2, 0.25) is 0 Å². The Morgan fingerprint density at radius 2 is 2.00 bits per heavy atom. The Labute approximate surface area is 121 Å². The fourth-order valence-electron chi connectivity index (χ4n) is 1.52. The topological polar surface area (TPSA) is 101 Å². The van der Waals surface area contributed by atoms with Gasteiger partial charge >= 0.3 is 0 Å². The van der Waals surface area contributed by atoms with Gasteiger partial charge in [0.05, 0.1) is 4.92 Å². The van der Waals surface area contributed by atoms with Gasteiger partial charge in [0.2, 0.25) is 11.8 Å². The van der Waals surface area contributed by atoms with E-state index in [1.807, 2.05) is 0 Å². The van der Waals surface area contributed by atoms with Crippen molar-refractivity contribution in [3.63, 3.8) is 0 Å². The molecule has 0 aliphatic carbocycles. The molecule has 0 saturated heterocycles. The van der Waals surface area contributed by atoms with Crippen LogP contribution in [0.15, 0.2) is 18.2 Å². The molecule has 21 heavy (non-hydrogen) atoms. The zero-order valence-electron chi connectivity index (χ0n) is 11.7. The summed E-state index contributed by atoms with van der Waals surface area (Å²) in [5.41, 5.74) is 0.397. The van der Waals surface area contributed by atoms with Crippen LogP contribution in [0.4, 0.5) is 11.4 Å². The number of carbonyl (C=O) groups excluding carboxylic acids is 2. The molecule has 0 aliphatic heterocycles. The number of benzene rings is 1. The monoisotopic (exact) mass is 289 g/mol. The molecule has 1 aromatic rings. The van der Waals surface area contributed by atoms with E-state index in [-0.39, 0.29) is 23.2 Å². The highest BCUT2D eigenvalue weighted by Crippen LogP contribution is 2.25. The van der Waals surface area contributed by atoms with Crippen LogP contribution in [0, 0.1) is 22.0 Å². The highest BCUT2D eigenvalue weighted by Gasteiger charge is 2.14. The average Bonchev–Trinajstić information content (AvgIpc) is 2.38. The minimum absolute atomic E-state index is 0.132. The summed E-state index contributed by atoms with van der Waals surface area (Å²) in [5.74, 6) is 5.07. The normalized spacial score (nSPS) is 9.24. The Bertz CT molecular complexity index is 629. The SMILES string of the molecule is CC(=O)NCCC#Cc1ccc(NC(C)=O)c([N+](=O)[O-])c1. The number of rotatable bonds is 4. The van der Waals surface area contributed by atoms with Crippen LogP contribution in [-0.2, 0) is 9.59 Å². The highest BCUT2D eigenvalue weighted by molar-refractivity contribution is 5.91. The molecule has 0 unspecified atom stereocenters. The van der Waals surface area contributed by atoms with Gasteiger partial charge in [-0.1, -0.05) is 11.8 Å². The second kappa shape index (κ2) is 7.65. The molecule has 7 heteroatoms. The van der Waals surface area contributed by atoms with Crippen LogP contribution >= 0.6 is 0 Å². The lowest BCUT2D eigenvalue weighted by atomic mass is 10.1. The predicted molar refractivity (Wildman–Crippen MR) is 77.6 cm³/mol. The first kappa shape index (κ1) is 16.2. The van der Waals surface area contributed by atoms with Gasteiger partial charge in [0, 0.05) is 38.4 Å². The maximum atomic E-state index is 11.0. The Morgan fingerprint density at radius 1 is 1.29 bits per heavy atom. The molecule has 0 saturated carbocycles. The van der Waals surface area contributed by atoms with Crippen LogP contribution in [0.25, 0.3) is 0 Å². The van der Waals surface area contributed by atoms with Gasteiger partial charge in [0.25, 0.3) is 5.69 Å². The van der Waals surface area contributed by atoms with Gasteiger partial charge < -0.3 is 10.6 Å². The summed E-state index contributed by atoms with van der Waals surface area (Å²) in [6, 6.07) is 4.33. The second-order valence-corrected chi connectivity index (χ2v) is 4.20. The number of anilines is 1. The number of nitro benzene ring substituents is 1. The van der Waals surface area contributed by atoms with Crippen molar-refractivity contribution >= 4 is 23.2 Å². The zero-order valence-corrected chi connectivity index (χ0v) is 11.7. The standard InChI is InChI=1S/C14H15N3O4/c1-10(18)15-8-4-3-5-12-6-7-13(16-11(2)19)14(9-12)17(20)21/h6-7,9H,4,8H2,1-2H3,(H,15,18)(H,16,19). The molecule has 2 N–H and O–H groups in total. The van der Waals surface area contributed by atoms with Gasteiger partial charge in [-0.15, -0.1) is 0 Å². The molecule has 0 fully saturated rings. The third-order valence-corrected chi connectivity index (χ3v) is 2.36. The lowest BCUT2D eigenvalue weighted by molar-refractivity contribution is -0.383. The van der Waals surface area contributed by atoms with Gasteiger partial charge in [-0.3, -0.25) is 19.7 Å². The molecule has 2 amide bonds. The molecule has 1 rings (SSSR count). The van der Waals surface area contributed by atoms with E-state index >= 15 is 0 Å². The molecule has 0 atom stereocenters. The van der Waals surface area contributed by atoms with E-state index in [0.717, 1.165) is 0 Å². The Morgan fingerprint density at radius 3 is 2.57 bits per heavy atom. The van der Waals surface area contributed by atoms with Gasteiger partial charge in [-0.05, 0) is 12.1 Å². The molecule has 1 aromatic carbocycles. The molecule has 0 aromatic heterocycles. The lowest BCUT2D eigenvalue weighted by Gasteiger charge is -2.03. The number of nitrogens with one attached hydrogen (secondary N) is 2. The summed E-state index contributed by atoms with van der Waals surface area (Å²) < 4.78 is 0. The number of nitro groups is 1. The van der Waals surface area contributed by atoms with Gasteiger partial charge in [0.15, 0.2) is 0 Å². The maximum absolute atomic E-state index is 11.0. The van der Waals surface area contributed by atoms with Gasteiger partial charge in [-0.2, -0.15) is 0 Å². The largest absolute Gasteiger partial charge is 0.355 e. The van der Waals surface area contributed by atoms with Crippen LogP contribution < -0.4 is 10.6 Å². The molecule has 0 bridgehead atoms. The smallest absolute Gasteiger partial charge is 0.293 e. The van der Waals surface area contributed by atoms with E-state index in [4.69, 9.17) is 0 Å². The molecule has 0 aliphatic rings. The first-order valence-corrected chi connectivity index (χ1v) is 6.19. The minimum Gasteiger partial charge on any atom is -0.355 e. The van der Waals surface area contributed by atoms with Crippen molar-refractivity contribution in [2.75, 3.05) is 11.9 Å². The quantitative estimate of drug-likeness (QED) is 0.379. The van der Waals surface area contributed by atoms with Crippen LogP contribution in [0.1, 0.15) is 25.8 Å². The van der Waals surface area contributed by atoms with Gasteiger partial charge in [0.1, 0.15) is 5.69 Å². The maximum Gasteiger partial charge on any atom is 0.293 e. The summed E-state index contributed by atoms with van der Waals surface area (Å²) in [5, 5.41) is 16.0. The molecule has 0 radical (unpaired) electrons. The lowest BCUT2D eigenvalue weighted by Crippen LogP contribution is -2.20. The van der Waals surface area contributed by atoms with Crippen molar-refractivity contribution in [2.24, 2.45) is 0 Å². The van der Waals surface area contributed by atoms with E-state index in [1.54, 1.807) is 6.07 Å². The van der Waals surface area contributed by atoms with E-state index in [1.165, 1.54) is 26.0 Å². The van der Waals surface area contributed by atoms with Crippen molar-refractivity contribution in [1.29, 1.82) is 0 Å². The van der Waals surface area contributed by atoms with Crippen LogP contribution in [0.5, 0.6) is 0 Å². The fraction of sp³-hybridized carbons (Fsp3) is 0.286. The number of nitrogens with zero attached hydrogens (tertiary/aromatic N) is 1. The second-order valence-electron chi connectivity index (χ2n) is 4.20. The summed E-state index contributed by atoms with van der Waals surface area (Å²) >= 11 is 0. The third-order valence-electron chi connectivity index (χ3n) is 2.36. The zero-order chi connectivity index (χ0) is 15.8. The Balaban J connectivity index is 2.83. The summed E-state index contributed by atoms with van der Waals surface area (Å²) in [7, 11) is 0. The van der Waals surface area contributed by atoms with Gasteiger partial charge in [-0.25, -0.2) is 0 Å². The van der Waals surface area contributed by atoms with Crippen LogP contribution in [0.3, 0.4) is 0 Å². The summed E-state index contributed by atoms with van der Waals surface area (Å²) in [6.45, 7) is 3.12. The van der Waals surface area contributed by atoms with E-state index in [2.05, 4.69) is 22.5 Å². The minimum atomic E-state index is -0.576. The van der Waals surface area contributed by atoms with Crippen molar-refractivity contribution in [2.45, 2.75) is 20.3 Å². The van der Waals surface area contributed by atoms with E-state index in [0.29, 0.717) is 18.5 Å². The van der Waals surface area contributed by atoms with Crippen molar-refractivity contribution in [3.8, 4) is 11.8 Å². The average molecular weight is 289 g/mol. The first-order chi connectivity index (χ1) is 9.90. The highest BCUT2D eigenvalue weighted by atomic mass is 16.6. The van der Waals surface area contributed by atoms with Crippen molar-refractivity contribution < 1.29 is 14.5 Å². The third kappa shape index (κ3) is 5.74. The van der Waals surface area contributed by atoms with Crippen molar-refractivity contribution in [1.82, 2.24) is 5.32 Å². The number of amides is 2. The molecule has 0 heterocycles. The summed E-state index contributed by atoms with van der Waals surface area (Å²) in [6.07, 6.45) is 0.445.